The second-order valence-corrected chi connectivity index (χ2v) is 6.97. The fraction of sp³-hybridized carbons (Fsp3) is 0.120. The van der Waals surface area contributed by atoms with Gasteiger partial charge in [-0.25, -0.2) is 5.43 Å². The number of aryl methyl sites for hydroxylation is 1. The first-order chi connectivity index (χ1) is 15.5. The molecule has 2 amide bonds. The van der Waals surface area contributed by atoms with Crippen LogP contribution in [-0.2, 0) is 22.6 Å². The Balaban J connectivity index is 1.51. The fourth-order valence-corrected chi connectivity index (χ4v) is 2.82. The van der Waals surface area contributed by atoms with Gasteiger partial charge in [-0.05, 0) is 53.4 Å². The first-order valence-electron chi connectivity index (χ1n) is 9.93. The minimum atomic E-state index is -0.894. The lowest BCUT2D eigenvalue weighted by molar-refractivity contribution is -0.136. The van der Waals surface area contributed by atoms with E-state index in [1.807, 2.05) is 49.4 Å². The standard InChI is InChI=1S/C25H22N4O3/c1-18-5-2-3-7-21(18)17-32-23-8-4-6-20(15-23)16-27-29-25(31)24(30)28-22-11-9-19(10-12-22)13-14-26/h2-12,15-16H,13,17H2,1H3,(H,28,30)(H,29,31). The van der Waals surface area contributed by atoms with E-state index in [1.54, 1.807) is 36.4 Å². The van der Waals surface area contributed by atoms with Crippen molar-refractivity contribution in [3.05, 3.63) is 95.1 Å². The zero-order valence-electron chi connectivity index (χ0n) is 17.5. The number of rotatable bonds is 7. The molecule has 0 unspecified atom stereocenters. The average molecular weight is 426 g/mol. The molecule has 0 atom stereocenters. The summed E-state index contributed by atoms with van der Waals surface area (Å²) < 4.78 is 5.84. The molecular formula is C25H22N4O3. The number of anilines is 1. The maximum atomic E-state index is 12.0. The van der Waals surface area contributed by atoms with Crippen molar-refractivity contribution in [3.63, 3.8) is 0 Å². The van der Waals surface area contributed by atoms with Crippen molar-refractivity contribution in [1.29, 1.82) is 5.26 Å². The third-order valence-electron chi connectivity index (χ3n) is 4.59. The summed E-state index contributed by atoms with van der Waals surface area (Å²) in [4.78, 5) is 24.0. The Bertz CT molecular complexity index is 1160. The molecule has 0 radical (unpaired) electrons. The number of hydrogen-bond donors (Lipinski definition) is 2. The van der Waals surface area contributed by atoms with E-state index in [2.05, 4.69) is 15.8 Å². The lowest BCUT2D eigenvalue weighted by Gasteiger charge is -2.09. The maximum absolute atomic E-state index is 12.0. The van der Waals surface area contributed by atoms with Crippen molar-refractivity contribution in [3.8, 4) is 11.8 Å². The highest BCUT2D eigenvalue weighted by Crippen LogP contribution is 2.16. The quantitative estimate of drug-likeness (QED) is 0.341. The number of carbonyl (C=O) groups is 2. The highest BCUT2D eigenvalue weighted by atomic mass is 16.5. The van der Waals surface area contributed by atoms with Crippen molar-refractivity contribution in [2.75, 3.05) is 5.32 Å². The third-order valence-corrected chi connectivity index (χ3v) is 4.59. The smallest absolute Gasteiger partial charge is 0.329 e. The number of carbonyl (C=O) groups excluding carboxylic acids is 2. The molecule has 7 nitrogen and oxygen atoms in total. The molecule has 0 spiro atoms. The molecule has 0 aliphatic heterocycles. The molecule has 7 heteroatoms. The van der Waals surface area contributed by atoms with Crippen LogP contribution >= 0.6 is 0 Å². The van der Waals surface area contributed by atoms with Gasteiger partial charge in [0.15, 0.2) is 0 Å². The van der Waals surface area contributed by atoms with Gasteiger partial charge in [-0.1, -0.05) is 48.5 Å². The summed E-state index contributed by atoms with van der Waals surface area (Å²) in [5.41, 5.74) is 6.45. The van der Waals surface area contributed by atoms with Crippen LogP contribution in [0.4, 0.5) is 5.69 Å². The molecule has 160 valence electrons. The maximum Gasteiger partial charge on any atom is 0.329 e. The summed E-state index contributed by atoms with van der Waals surface area (Å²) in [6.45, 7) is 2.48. The molecular weight excluding hydrogens is 404 g/mol. The molecule has 0 heterocycles. The van der Waals surface area contributed by atoms with Crippen molar-refractivity contribution in [1.82, 2.24) is 5.43 Å². The molecule has 3 aromatic rings. The molecule has 0 bridgehead atoms. The second kappa shape index (κ2) is 11.1. The molecule has 3 rings (SSSR count). The largest absolute Gasteiger partial charge is 0.489 e. The van der Waals surface area contributed by atoms with Gasteiger partial charge in [0.1, 0.15) is 12.4 Å². The van der Waals surface area contributed by atoms with E-state index in [1.165, 1.54) is 6.21 Å². The van der Waals surface area contributed by atoms with Gasteiger partial charge < -0.3 is 10.1 Å². The Morgan fingerprint density at radius 3 is 2.56 bits per heavy atom. The minimum absolute atomic E-state index is 0.279. The van der Waals surface area contributed by atoms with Crippen LogP contribution in [0.25, 0.3) is 0 Å². The summed E-state index contributed by atoms with van der Waals surface area (Å²) >= 11 is 0. The number of nitrogens with one attached hydrogen (secondary N) is 2. The van der Waals surface area contributed by atoms with Gasteiger partial charge in [0.25, 0.3) is 0 Å². The number of nitriles is 1. The van der Waals surface area contributed by atoms with Crippen LogP contribution in [0.15, 0.2) is 77.9 Å². The molecule has 2 N–H and O–H groups in total. The number of ether oxygens (including phenoxy) is 1. The first kappa shape index (κ1) is 22.2. The van der Waals surface area contributed by atoms with Gasteiger partial charge in [-0.2, -0.15) is 10.4 Å². The van der Waals surface area contributed by atoms with Gasteiger partial charge in [-0.3, -0.25) is 9.59 Å². The van der Waals surface area contributed by atoms with Gasteiger partial charge in [-0.15, -0.1) is 0 Å². The van der Waals surface area contributed by atoms with Gasteiger partial charge in [0, 0.05) is 5.69 Å². The van der Waals surface area contributed by atoms with Crippen LogP contribution in [0.2, 0.25) is 0 Å². The van der Waals surface area contributed by atoms with Crippen LogP contribution in [0, 0.1) is 18.3 Å². The zero-order chi connectivity index (χ0) is 22.8. The minimum Gasteiger partial charge on any atom is -0.489 e. The van der Waals surface area contributed by atoms with E-state index in [4.69, 9.17) is 10.00 Å². The lowest BCUT2D eigenvalue weighted by Crippen LogP contribution is -2.32. The Hall–Kier alpha value is -4.44. The number of amides is 2. The SMILES string of the molecule is Cc1ccccc1COc1cccc(C=NNC(=O)C(=O)Nc2ccc(CC#N)cc2)c1. The Morgan fingerprint density at radius 2 is 1.81 bits per heavy atom. The number of hydrogen-bond acceptors (Lipinski definition) is 5. The molecule has 0 aliphatic carbocycles. The van der Waals surface area contributed by atoms with Crippen LogP contribution in [0.5, 0.6) is 5.75 Å². The van der Waals surface area contributed by atoms with Gasteiger partial charge >= 0.3 is 11.8 Å². The van der Waals surface area contributed by atoms with Crippen molar-refractivity contribution < 1.29 is 14.3 Å². The predicted molar refractivity (Wildman–Crippen MR) is 122 cm³/mol. The molecule has 3 aromatic carbocycles. The van der Waals surface area contributed by atoms with Crippen LogP contribution in [-0.4, -0.2) is 18.0 Å². The van der Waals surface area contributed by atoms with Crippen molar-refractivity contribution >= 4 is 23.7 Å². The highest BCUT2D eigenvalue weighted by molar-refractivity contribution is 6.39. The summed E-state index contributed by atoms with van der Waals surface area (Å²) in [7, 11) is 0. The predicted octanol–water partition coefficient (Wildman–Crippen LogP) is 3.73. The van der Waals surface area contributed by atoms with Gasteiger partial charge in [0.2, 0.25) is 0 Å². The number of nitrogens with zero attached hydrogens (tertiary/aromatic N) is 2. The summed E-state index contributed by atoms with van der Waals surface area (Å²) in [5.74, 6) is -1.07. The summed E-state index contributed by atoms with van der Waals surface area (Å²) in [5, 5.41) is 15.0. The van der Waals surface area contributed by atoms with Gasteiger partial charge in [0.05, 0.1) is 18.7 Å². The van der Waals surface area contributed by atoms with E-state index in [9.17, 15) is 9.59 Å². The van der Waals surface area contributed by atoms with Crippen LogP contribution in [0.1, 0.15) is 22.3 Å². The normalized spacial score (nSPS) is 10.4. The van der Waals surface area contributed by atoms with Crippen LogP contribution in [0.3, 0.4) is 0 Å². The van der Waals surface area contributed by atoms with E-state index >= 15 is 0 Å². The average Bonchev–Trinajstić information content (AvgIpc) is 2.80. The molecule has 0 aliphatic rings. The molecule has 32 heavy (non-hydrogen) atoms. The molecule has 0 saturated carbocycles. The number of benzene rings is 3. The molecule has 0 aromatic heterocycles. The Kier molecular flexibility index (Phi) is 7.71. The molecule has 0 fully saturated rings. The zero-order valence-corrected chi connectivity index (χ0v) is 17.5. The Morgan fingerprint density at radius 1 is 1.03 bits per heavy atom. The van der Waals surface area contributed by atoms with E-state index in [0.29, 0.717) is 23.6 Å². The lowest BCUT2D eigenvalue weighted by atomic mass is 10.1. The van der Waals surface area contributed by atoms with Crippen molar-refractivity contribution in [2.45, 2.75) is 20.0 Å². The first-order valence-corrected chi connectivity index (χ1v) is 9.93. The highest BCUT2D eigenvalue weighted by Gasteiger charge is 2.12. The Labute approximate surface area is 186 Å². The number of hydrazone groups is 1. The summed E-state index contributed by atoms with van der Waals surface area (Å²) in [6, 6.07) is 24.0. The van der Waals surface area contributed by atoms with E-state index < -0.39 is 11.8 Å². The third kappa shape index (κ3) is 6.54. The molecule has 0 saturated heterocycles. The summed E-state index contributed by atoms with van der Waals surface area (Å²) in [6.07, 6.45) is 1.71. The monoisotopic (exact) mass is 426 g/mol. The van der Waals surface area contributed by atoms with Crippen molar-refractivity contribution in [2.24, 2.45) is 5.10 Å². The van der Waals surface area contributed by atoms with E-state index in [0.717, 1.165) is 16.7 Å². The van der Waals surface area contributed by atoms with E-state index in [-0.39, 0.29) is 6.42 Å². The second-order valence-electron chi connectivity index (χ2n) is 6.97. The fourth-order valence-electron chi connectivity index (χ4n) is 2.82. The topological polar surface area (TPSA) is 104 Å². The van der Waals surface area contributed by atoms with Crippen LogP contribution < -0.4 is 15.5 Å².